The van der Waals surface area contributed by atoms with E-state index < -0.39 is 29.8 Å². The Labute approximate surface area is 143 Å². The van der Waals surface area contributed by atoms with Gasteiger partial charge in [0.05, 0.1) is 12.1 Å². The molecule has 1 heterocycles. The van der Waals surface area contributed by atoms with Gasteiger partial charge in [0.1, 0.15) is 18.2 Å². The van der Waals surface area contributed by atoms with Gasteiger partial charge in [-0.15, -0.1) is 0 Å². The van der Waals surface area contributed by atoms with Gasteiger partial charge in [0.2, 0.25) is 5.91 Å². The monoisotopic (exact) mass is 346 g/mol. The van der Waals surface area contributed by atoms with Gasteiger partial charge in [-0.05, 0) is 11.6 Å². The molecule has 1 aliphatic heterocycles. The Kier molecular flexibility index (Phi) is 4.92. The summed E-state index contributed by atoms with van der Waals surface area (Å²) in [6.07, 6.45) is -0.722. The Morgan fingerprint density at radius 3 is 2.68 bits per heavy atom. The maximum atomic E-state index is 14.0. The fraction of sp³-hybridized carbons (Fsp3) is 0.222. The van der Waals surface area contributed by atoms with Crippen molar-refractivity contribution >= 4 is 12.0 Å². The van der Waals surface area contributed by atoms with Crippen molar-refractivity contribution in [2.75, 3.05) is 0 Å². The van der Waals surface area contributed by atoms with Crippen LogP contribution in [0, 0.1) is 11.6 Å². The number of carbonyl (C=O) groups excluding carboxylic acids is 2. The third-order valence-electron chi connectivity index (χ3n) is 3.94. The number of amides is 2. The zero-order valence-electron chi connectivity index (χ0n) is 13.2. The summed E-state index contributed by atoms with van der Waals surface area (Å²) in [6.45, 7) is 0.0797. The summed E-state index contributed by atoms with van der Waals surface area (Å²) < 4.78 is 32.2. The molecule has 0 aromatic heterocycles. The summed E-state index contributed by atoms with van der Waals surface area (Å²) in [5.41, 5.74) is 0.931. The van der Waals surface area contributed by atoms with Crippen molar-refractivity contribution < 1.29 is 23.1 Å². The van der Waals surface area contributed by atoms with E-state index in [1.165, 1.54) is 6.07 Å². The van der Waals surface area contributed by atoms with Crippen molar-refractivity contribution in [2.24, 2.45) is 0 Å². The first kappa shape index (κ1) is 16.9. The number of carbonyl (C=O) groups is 2. The molecule has 0 unspecified atom stereocenters. The smallest absolute Gasteiger partial charge is 0.407 e. The first-order valence-corrected chi connectivity index (χ1v) is 7.74. The fourth-order valence-corrected chi connectivity index (χ4v) is 2.75. The summed E-state index contributed by atoms with van der Waals surface area (Å²) in [7, 11) is 0. The van der Waals surface area contributed by atoms with Gasteiger partial charge in [-0.25, -0.2) is 13.6 Å². The molecule has 3 rings (SSSR count). The minimum atomic E-state index is -0.781. The van der Waals surface area contributed by atoms with E-state index in [1.54, 1.807) is 0 Å². The Morgan fingerprint density at radius 1 is 1.20 bits per heavy atom. The lowest BCUT2D eigenvalue weighted by Gasteiger charge is -2.20. The van der Waals surface area contributed by atoms with Crippen molar-refractivity contribution in [2.45, 2.75) is 25.1 Å². The van der Waals surface area contributed by atoms with Crippen LogP contribution in [0.3, 0.4) is 0 Å². The Balaban J connectivity index is 1.65. The molecule has 2 atom stereocenters. The molecule has 0 spiro atoms. The van der Waals surface area contributed by atoms with Crippen LogP contribution >= 0.6 is 0 Å². The van der Waals surface area contributed by atoms with Gasteiger partial charge in [-0.2, -0.15) is 0 Å². The molecule has 25 heavy (non-hydrogen) atoms. The Morgan fingerprint density at radius 2 is 1.96 bits per heavy atom. The normalized spacial score (nSPS) is 19.4. The molecule has 0 bridgehead atoms. The quantitative estimate of drug-likeness (QED) is 0.895. The average molecular weight is 346 g/mol. The molecule has 5 nitrogen and oxygen atoms in total. The van der Waals surface area contributed by atoms with Crippen molar-refractivity contribution in [1.82, 2.24) is 10.6 Å². The minimum absolute atomic E-state index is 0.0120. The highest BCUT2D eigenvalue weighted by Crippen LogP contribution is 2.27. The molecular formula is C18H16F2N2O3. The molecular weight excluding hydrogens is 330 g/mol. The lowest BCUT2D eigenvalue weighted by Crippen LogP contribution is -2.39. The van der Waals surface area contributed by atoms with Crippen LogP contribution in [0.4, 0.5) is 13.6 Å². The van der Waals surface area contributed by atoms with E-state index >= 15 is 0 Å². The zero-order valence-corrected chi connectivity index (χ0v) is 13.2. The maximum absolute atomic E-state index is 14.0. The summed E-state index contributed by atoms with van der Waals surface area (Å²) in [6, 6.07) is 10.8. The number of rotatable bonds is 4. The highest BCUT2D eigenvalue weighted by Gasteiger charge is 2.36. The highest BCUT2D eigenvalue weighted by molar-refractivity contribution is 5.81. The number of benzene rings is 2. The van der Waals surface area contributed by atoms with E-state index in [0.717, 1.165) is 17.7 Å². The van der Waals surface area contributed by atoms with Gasteiger partial charge in [0.15, 0.2) is 0 Å². The fourth-order valence-electron chi connectivity index (χ4n) is 2.75. The topological polar surface area (TPSA) is 67.4 Å². The number of hydrogen-bond donors (Lipinski definition) is 2. The van der Waals surface area contributed by atoms with Gasteiger partial charge in [-0.1, -0.05) is 36.4 Å². The highest BCUT2D eigenvalue weighted by atomic mass is 19.1. The lowest BCUT2D eigenvalue weighted by atomic mass is 10.0. The first-order valence-electron chi connectivity index (χ1n) is 7.74. The molecule has 0 radical (unpaired) electrons. The molecule has 2 aromatic rings. The molecule has 130 valence electrons. The summed E-state index contributed by atoms with van der Waals surface area (Å²) >= 11 is 0. The van der Waals surface area contributed by atoms with Crippen LogP contribution in [-0.4, -0.2) is 18.0 Å². The molecule has 1 fully saturated rings. The minimum Gasteiger partial charge on any atom is -0.445 e. The zero-order chi connectivity index (χ0) is 17.8. The van der Waals surface area contributed by atoms with Gasteiger partial charge in [0.25, 0.3) is 0 Å². The van der Waals surface area contributed by atoms with Crippen LogP contribution in [0.5, 0.6) is 0 Å². The summed E-state index contributed by atoms with van der Waals surface area (Å²) in [5, 5.41) is 5.15. The Bertz CT molecular complexity index is 783. The van der Waals surface area contributed by atoms with Crippen molar-refractivity contribution in [3.05, 3.63) is 71.3 Å². The number of halogens is 2. The predicted molar refractivity (Wildman–Crippen MR) is 85.4 cm³/mol. The number of alkyl carbamates (subject to hydrolysis) is 1. The van der Waals surface area contributed by atoms with Crippen molar-refractivity contribution in [3.63, 3.8) is 0 Å². The number of ether oxygens (including phenoxy) is 1. The van der Waals surface area contributed by atoms with Gasteiger partial charge in [-0.3, -0.25) is 4.79 Å². The number of nitrogens with one attached hydrogen (secondary N) is 2. The second-order valence-electron chi connectivity index (χ2n) is 5.73. The second kappa shape index (κ2) is 7.29. The summed E-state index contributed by atoms with van der Waals surface area (Å²) in [5.74, 6) is -1.82. The van der Waals surface area contributed by atoms with E-state index in [0.29, 0.717) is 0 Å². The molecule has 2 N–H and O–H groups in total. The van der Waals surface area contributed by atoms with E-state index in [1.807, 2.05) is 30.3 Å². The van der Waals surface area contributed by atoms with Crippen molar-refractivity contribution in [1.29, 1.82) is 0 Å². The second-order valence-corrected chi connectivity index (χ2v) is 5.73. The van der Waals surface area contributed by atoms with Gasteiger partial charge in [0, 0.05) is 18.1 Å². The lowest BCUT2D eigenvalue weighted by molar-refractivity contribution is -0.119. The Hall–Kier alpha value is -2.96. The van der Waals surface area contributed by atoms with E-state index in [9.17, 15) is 18.4 Å². The van der Waals surface area contributed by atoms with Crippen molar-refractivity contribution in [3.8, 4) is 0 Å². The molecule has 0 aliphatic carbocycles. The van der Waals surface area contributed by atoms with Crippen LogP contribution in [0.2, 0.25) is 0 Å². The van der Waals surface area contributed by atoms with E-state index in [2.05, 4.69) is 10.6 Å². The van der Waals surface area contributed by atoms with Crippen LogP contribution in [0.1, 0.15) is 23.6 Å². The molecule has 1 saturated heterocycles. The first-order chi connectivity index (χ1) is 12.0. The largest absolute Gasteiger partial charge is 0.445 e. The predicted octanol–water partition coefficient (Wildman–Crippen LogP) is 2.82. The SMILES string of the molecule is O=C1C[C@@H](NC(=O)OCc2ccccc2)[C@H](c2ccc(F)cc2F)N1. The van der Waals surface area contributed by atoms with E-state index in [-0.39, 0.29) is 24.5 Å². The van der Waals surface area contributed by atoms with Gasteiger partial charge >= 0.3 is 6.09 Å². The molecule has 7 heteroatoms. The van der Waals surface area contributed by atoms with E-state index in [4.69, 9.17) is 4.74 Å². The third-order valence-corrected chi connectivity index (χ3v) is 3.94. The molecule has 2 amide bonds. The standard InChI is InChI=1S/C18H16F2N2O3/c19-12-6-7-13(14(20)8-12)17-15(9-16(23)22-17)21-18(24)25-10-11-4-2-1-3-5-11/h1-8,15,17H,9-10H2,(H,21,24)(H,22,23)/t15-,17+/m1/s1. The van der Waals surface area contributed by atoms with Crippen LogP contribution < -0.4 is 10.6 Å². The molecule has 2 aromatic carbocycles. The van der Waals surface area contributed by atoms with Gasteiger partial charge < -0.3 is 15.4 Å². The summed E-state index contributed by atoms with van der Waals surface area (Å²) in [4.78, 5) is 23.6. The number of hydrogen-bond acceptors (Lipinski definition) is 3. The third kappa shape index (κ3) is 4.12. The average Bonchev–Trinajstić information content (AvgIpc) is 2.94. The maximum Gasteiger partial charge on any atom is 0.407 e. The van der Waals surface area contributed by atoms with Crippen LogP contribution in [-0.2, 0) is 16.1 Å². The molecule has 0 saturated carbocycles. The van der Waals surface area contributed by atoms with Crippen LogP contribution in [0.15, 0.2) is 48.5 Å². The molecule has 1 aliphatic rings. The van der Waals surface area contributed by atoms with Crippen LogP contribution in [0.25, 0.3) is 0 Å².